The Labute approximate surface area is 110 Å². The average molecular weight is 268 g/mol. The van der Waals surface area contributed by atoms with E-state index >= 15 is 0 Å². The predicted molar refractivity (Wildman–Crippen MR) is 62.9 cm³/mol. The van der Waals surface area contributed by atoms with Crippen LogP contribution >= 0.6 is 0 Å². The van der Waals surface area contributed by atoms with Crippen molar-refractivity contribution in [3.63, 3.8) is 0 Å². The molecule has 6 heteroatoms. The van der Waals surface area contributed by atoms with Gasteiger partial charge in [-0.15, -0.1) is 0 Å². The highest BCUT2D eigenvalue weighted by Gasteiger charge is 2.48. The summed E-state index contributed by atoms with van der Waals surface area (Å²) in [7, 11) is 0. The third-order valence-electron chi connectivity index (χ3n) is 3.42. The lowest BCUT2D eigenvalue weighted by atomic mass is 9.98. The smallest absolute Gasteiger partial charge is 0.184 e. The van der Waals surface area contributed by atoms with Crippen LogP contribution in [0.5, 0.6) is 0 Å². The van der Waals surface area contributed by atoms with Gasteiger partial charge in [-0.1, -0.05) is 30.3 Å². The van der Waals surface area contributed by atoms with Crippen molar-refractivity contribution >= 4 is 0 Å². The van der Waals surface area contributed by atoms with E-state index in [0.29, 0.717) is 0 Å². The minimum atomic E-state index is -1.42. The van der Waals surface area contributed by atoms with Gasteiger partial charge >= 0.3 is 0 Å². The van der Waals surface area contributed by atoms with Crippen LogP contribution < -0.4 is 0 Å². The summed E-state index contributed by atoms with van der Waals surface area (Å²) >= 11 is 0. The van der Waals surface area contributed by atoms with Gasteiger partial charge < -0.3 is 29.5 Å². The molecule has 2 aliphatic heterocycles. The van der Waals surface area contributed by atoms with Gasteiger partial charge in [0.25, 0.3) is 0 Å². The standard InChI is InChI=1S/C13H16O6/c14-9-10(15)12(16)18-8-6-17-13(19-11(8)9)7-4-2-1-3-5-7/h1-5,8-16H,6H2/t8-,9-,10-,11-,12?,13-/m0/s1. The maximum Gasteiger partial charge on any atom is 0.184 e. The molecule has 0 saturated carbocycles. The van der Waals surface area contributed by atoms with Crippen molar-refractivity contribution in [3.8, 4) is 0 Å². The Morgan fingerprint density at radius 3 is 2.42 bits per heavy atom. The first-order chi connectivity index (χ1) is 9.16. The number of hydrogen-bond donors (Lipinski definition) is 3. The first-order valence-electron chi connectivity index (χ1n) is 6.18. The lowest BCUT2D eigenvalue weighted by Crippen LogP contribution is -2.61. The Kier molecular flexibility index (Phi) is 3.53. The van der Waals surface area contributed by atoms with E-state index in [1.54, 1.807) is 0 Å². The Morgan fingerprint density at radius 1 is 0.947 bits per heavy atom. The first kappa shape index (κ1) is 13.0. The molecule has 1 aromatic carbocycles. The first-order valence-corrected chi connectivity index (χ1v) is 6.18. The zero-order chi connectivity index (χ0) is 13.4. The number of benzene rings is 1. The third-order valence-corrected chi connectivity index (χ3v) is 3.42. The second-order valence-electron chi connectivity index (χ2n) is 4.72. The maximum absolute atomic E-state index is 9.94. The summed E-state index contributed by atoms with van der Waals surface area (Å²) in [5.41, 5.74) is 0.828. The van der Waals surface area contributed by atoms with Gasteiger partial charge in [0.1, 0.15) is 24.4 Å². The minimum Gasteiger partial charge on any atom is -0.387 e. The van der Waals surface area contributed by atoms with E-state index < -0.39 is 37.0 Å². The summed E-state index contributed by atoms with van der Waals surface area (Å²) in [4.78, 5) is 0. The van der Waals surface area contributed by atoms with E-state index in [-0.39, 0.29) is 6.61 Å². The number of aliphatic hydroxyl groups excluding tert-OH is 3. The van der Waals surface area contributed by atoms with Crippen LogP contribution in [0.2, 0.25) is 0 Å². The molecular formula is C13H16O6. The van der Waals surface area contributed by atoms with Gasteiger partial charge in [-0.25, -0.2) is 0 Å². The molecule has 2 saturated heterocycles. The molecular weight excluding hydrogens is 252 g/mol. The lowest BCUT2D eigenvalue weighted by Gasteiger charge is -2.45. The fourth-order valence-electron chi connectivity index (χ4n) is 2.37. The van der Waals surface area contributed by atoms with Crippen molar-refractivity contribution in [3.05, 3.63) is 35.9 Å². The van der Waals surface area contributed by atoms with E-state index in [1.165, 1.54) is 0 Å². The highest BCUT2D eigenvalue weighted by atomic mass is 16.7. The molecule has 3 N–H and O–H groups in total. The Bertz CT molecular complexity index is 422. The van der Waals surface area contributed by atoms with Gasteiger partial charge in [0.2, 0.25) is 0 Å². The number of rotatable bonds is 1. The van der Waals surface area contributed by atoms with Gasteiger partial charge in [-0.05, 0) is 0 Å². The Morgan fingerprint density at radius 2 is 1.68 bits per heavy atom. The Balaban J connectivity index is 1.75. The average Bonchev–Trinajstić information content (AvgIpc) is 2.46. The van der Waals surface area contributed by atoms with Crippen LogP contribution in [-0.2, 0) is 14.2 Å². The van der Waals surface area contributed by atoms with Crippen molar-refractivity contribution in [2.24, 2.45) is 0 Å². The van der Waals surface area contributed by atoms with Crippen molar-refractivity contribution in [2.45, 2.75) is 37.0 Å². The summed E-state index contributed by atoms with van der Waals surface area (Å²) < 4.78 is 16.3. The molecule has 0 aromatic heterocycles. The van der Waals surface area contributed by atoms with Crippen LogP contribution in [0.25, 0.3) is 0 Å². The van der Waals surface area contributed by atoms with E-state index in [9.17, 15) is 15.3 Å². The van der Waals surface area contributed by atoms with Crippen LogP contribution in [0.3, 0.4) is 0 Å². The highest BCUT2D eigenvalue weighted by Crippen LogP contribution is 2.33. The largest absolute Gasteiger partial charge is 0.387 e. The molecule has 19 heavy (non-hydrogen) atoms. The molecule has 2 fully saturated rings. The molecule has 0 amide bonds. The van der Waals surface area contributed by atoms with Crippen LogP contribution in [-0.4, -0.2) is 52.6 Å². The lowest BCUT2D eigenvalue weighted by molar-refractivity contribution is -0.354. The second-order valence-corrected chi connectivity index (χ2v) is 4.72. The molecule has 0 spiro atoms. The molecule has 104 valence electrons. The summed E-state index contributed by atoms with van der Waals surface area (Å²) in [6, 6.07) is 9.31. The highest BCUT2D eigenvalue weighted by molar-refractivity contribution is 5.16. The number of ether oxygens (including phenoxy) is 3. The minimum absolute atomic E-state index is 0.186. The monoisotopic (exact) mass is 268 g/mol. The number of fused-ring (bicyclic) bond motifs is 1. The summed E-state index contributed by atoms with van der Waals surface area (Å²) in [6.45, 7) is 0.186. The third kappa shape index (κ3) is 2.38. The summed E-state index contributed by atoms with van der Waals surface area (Å²) in [5, 5.41) is 29.0. The van der Waals surface area contributed by atoms with E-state index in [2.05, 4.69) is 0 Å². The van der Waals surface area contributed by atoms with E-state index in [0.717, 1.165) is 5.56 Å². The molecule has 6 atom stereocenters. The second kappa shape index (κ2) is 5.16. The molecule has 1 aromatic rings. The van der Waals surface area contributed by atoms with Crippen LogP contribution in [0.4, 0.5) is 0 Å². The molecule has 6 nitrogen and oxygen atoms in total. The summed E-state index contributed by atoms with van der Waals surface area (Å²) in [6.07, 6.45) is -5.93. The number of aliphatic hydroxyl groups is 3. The maximum atomic E-state index is 9.94. The normalized spacial score (nSPS) is 42.7. The molecule has 3 rings (SSSR count). The van der Waals surface area contributed by atoms with Gasteiger partial charge in [-0.3, -0.25) is 0 Å². The Hall–Kier alpha value is -1.02. The summed E-state index contributed by atoms with van der Waals surface area (Å²) in [5.74, 6) is 0. The molecule has 0 bridgehead atoms. The van der Waals surface area contributed by atoms with Crippen molar-refractivity contribution < 1.29 is 29.5 Å². The van der Waals surface area contributed by atoms with Gasteiger partial charge in [0.15, 0.2) is 12.6 Å². The van der Waals surface area contributed by atoms with Crippen LogP contribution in [0.15, 0.2) is 30.3 Å². The zero-order valence-corrected chi connectivity index (χ0v) is 10.1. The fraction of sp³-hybridized carbons (Fsp3) is 0.538. The van der Waals surface area contributed by atoms with Gasteiger partial charge in [0, 0.05) is 5.56 Å². The molecule has 0 radical (unpaired) electrons. The topological polar surface area (TPSA) is 88.4 Å². The molecule has 1 unspecified atom stereocenters. The fourth-order valence-corrected chi connectivity index (χ4v) is 2.37. The quantitative estimate of drug-likeness (QED) is 0.639. The number of hydrogen-bond acceptors (Lipinski definition) is 6. The van der Waals surface area contributed by atoms with Crippen molar-refractivity contribution in [1.82, 2.24) is 0 Å². The van der Waals surface area contributed by atoms with Crippen molar-refractivity contribution in [2.75, 3.05) is 6.61 Å². The molecule has 2 aliphatic rings. The SMILES string of the molecule is OC1O[C@H]2CO[C@H](c3ccccc3)O[C@@H]2[C@@H](O)[C@@H]1O. The molecule has 0 aliphatic carbocycles. The van der Waals surface area contributed by atoms with Crippen molar-refractivity contribution in [1.29, 1.82) is 0 Å². The van der Waals surface area contributed by atoms with E-state index in [1.807, 2.05) is 30.3 Å². The molecule has 2 heterocycles. The van der Waals surface area contributed by atoms with Crippen LogP contribution in [0, 0.1) is 0 Å². The van der Waals surface area contributed by atoms with E-state index in [4.69, 9.17) is 14.2 Å². The van der Waals surface area contributed by atoms with Gasteiger partial charge in [-0.2, -0.15) is 0 Å². The van der Waals surface area contributed by atoms with Crippen LogP contribution in [0.1, 0.15) is 11.9 Å². The van der Waals surface area contributed by atoms with Gasteiger partial charge in [0.05, 0.1) is 6.61 Å². The zero-order valence-electron chi connectivity index (χ0n) is 10.1. The predicted octanol–water partition coefficient (Wildman–Crippen LogP) is -0.460.